The van der Waals surface area contributed by atoms with Crippen LogP contribution >= 0.6 is 15.9 Å². The van der Waals surface area contributed by atoms with Crippen molar-refractivity contribution >= 4 is 21.8 Å². The van der Waals surface area contributed by atoms with Crippen molar-refractivity contribution < 1.29 is 18.0 Å². The van der Waals surface area contributed by atoms with Crippen LogP contribution in [0.5, 0.6) is 0 Å². The van der Waals surface area contributed by atoms with Crippen molar-refractivity contribution in [2.75, 3.05) is 0 Å². The number of carbonyl (C=O) groups is 1. The fourth-order valence-corrected chi connectivity index (χ4v) is 2.09. The number of benzene rings is 2. The Kier molecular flexibility index (Phi) is 4.67. The molecule has 0 saturated heterocycles. The van der Waals surface area contributed by atoms with Crippen molar-refractivity contribution in [2.45, 2.75) is 12.7 Å². The Morgan fingerprint density at radius 2 is 1.67 bits per heavy atom. The molecule has 21 heavy (non-hydrogen) atoms. The van der Waals surface area contributed by atoms with Crippen LogP contribution < -0.4 is 5.32 Å². The molecule has 1 N–H and O–H groups in total. The summed E-state index contributed by atoms with van der Waals surface area (Å²) in [6.07, 6.45) is -4.43. The third kappa shape index (κ3) is 4.07. The van der Waals surface area contributed by atoms with Crippen LogP contribution in [0.25, 0.3) is 0 Å². The van der Waals surface area contributed by atoms with E-state index in [4.69, 9.17) is 0 Å². The van der Waals surface area contributed by atoms with Crippen LogP contribution in [0.1, 0.15) is 21.5 Å². The predicted octanol–water partition coefficient (Wildman–Crippen LogP) is 4.40. The lowest BCUT2D eigenvalue weighted by Gasteiger charge is -2.13. The van der Waals surface area contributed by atoms with Gasteiger partial charge in [-0.2, -0.15) is 13.2 Å². The van der Waals surface area contributed by atoms with E-state index >= 15 is 0 Å². The van der Waals surface area contributed by atoms with Gasteiger partial charge in [0.25, 0.3) is 5.91 Å². The topological polar surface area (TPSA) is 29.1 Å². The lowest BCUT2D eigenvalue weighted by Crippen LogP contribution is -2.24. The largest absolute Gasteiger partial charge is 0.416 e. The first kappa shape index (κ1) is 15.6. The van der Waals surface area contributed by atoms with Crippen molar-refractivity contribution in [3.63, 3.8) is 0 Å². The lowest BCUT2D eigenvalue weighted by atomic mass is 10.1. The van der Waals surface area contributed by atoms with E-state index in [1.165, 1.54) is 18.2 Å². The molecule has 1 amide bonds. The maximum atomic E-state index is 12.8. The highest BCUT2D eigenvalue weighted by atomic mass is 79.9. The second-order valence-corrected chi connectivity index (χ2v) is 5.26. The van der Waals surface area contributed by atoms with Gasteiger partial charge >= 0.3 is 6.18 Å². The van der Waals surface area contributed by atoms with Gasteiger partial charge in [-0.15, -0.1) is 0 Å². The Balaban J connectivity index is 2.10. The number of amides is 1. The smallest absolute Gasteiger partial charge is 0.348 e. The summed E-state index contributed by atoms with van der Waals surface area (Å²) < 4.78 is 39.3. The molecule has 6 heteroatoms. The molecule has 110 valence electrons. The van der Waals surface area contributed by atoms with Gasteiger partial charge < -0.3 is 5.32 Å². The van der Waals surface area contributed by atoms with Crippen molar-refractivity contribution in [1.29, 1.82) is 0 Å². The molecule has 0 aliphatic heterocycles. The van der Waals surface area contributed by atoms with Gasteiger partial charge in [0.2, 0.25) is 0 Å². The van der Waals surface area contributed by atoms with E-state index < -0.39 is 17.6 Å². The first-order valence-electron chi connectivity index (χ1n) is 6.07. The molecule has 2 aromatic carbocycles. The van der Waals surface area contributed by atoms with Crippen LogP contribution in [0.3, 0.4) is 0 Å². The van der Waals surface area contributed by atoms with Crippen LogP contribution in [-0.4, -0.2) is 5.91 Å². The monoisotopic (exact) mass is 357 g/mol. The molecule has 0 heterocycles. The molecule has 2 rings (SSSR count). The van der Waals surface area contributed by atoms with Crippen LogP contribution in [0.2, 0.25) is 0 Å². The molecule has 0 spiro atoms. The minimum absolute atomic E-state index is 0.0375. The van der Waals surface area contributed by atoms with E-state index in [0.29, 0.717) is 5.56 Å². The molecule has 0 unspecified atom stereocenters. The van der Waals surface area contributed by atoms with Gasteiger partial charge in [0, 0.05) is 16.6 Å². The summed E-state index contributed by atoms with van der Waals surface area (Å²) in [6, 6.07) is 11.8. The van der Waals surface area contributed by atoms with E-state index in [1.807, 2.05) is 0 Å². The lowest BCUT2D eigenvalue weighted by molar-refractivity contribution is -0.138. The Morgan fingerprint density at radius 1 is 1.05 bits per heavy atom. The molecular weight excluding hydrogens is 347 g/mol. The predicted molar refractivity (Wildman–Crippen MR) is 76.8 cm³/mol. The summed E-state index contributed by atoms with van der Waals surface area (Å²) >= 11 is 3.24. The number of halogens is 4. The minimum atomic E-state index is -4.43. The van der Waals surface area contributed by atoms with E-state index in [-0.39, 0.29) is 12.1 Å². The summed E-state index contributed by atoms with van der Waals surface area (Å²) in [5.74, 6) is -0.417. The first-order valence-corrected chi connectivity index (χ1v) is 6.86. The van der Waals surface area contributed by atoms with E-state index in [9.17, 15) is 18.0 Å². The summed E-state index contributed by atoms with van der Waals surface area (Å²) in [5, 5.41) is 2.49. The first-order chi connectivity index (χ1) is 9.88. The van der Waals surface area contributed by atoms with Crippen LogP contribution in [0.4, 0.5) is 13.2 Å². The maximum absolute atomic E-state index is 12.8. The Morgan fingerprint density at radius 3 is 2.29 bits per heavy atom. The number of hydrogen-bond acceptors (Lipinski definition) is 1. The summed E-state index contributed by atoms with van der Waals surface area (Å²) in [6.45, 7) is -0.176. The molecule has 0 radical (unpaired) electrons. The average Bonchev–Trinajstić information content (AvgIpc) is 2.45. The van der Waals surface area contributed by atoms with Crippen LogP contribution in [-0.2, 0) is 12.7 Å². The molecule has 0 bridgehead atoms. The van der Waals surface area contributed by atoms with Gasteiger partial charge in [-0.1, -0.05) is 34.1 Å². The zero-order valence-electron chi connectivity index (χ0n) is 10.7. The van der Waals surface area contributed by atoms with Crippen LogP contribution in [0, 0.1) is 0 Å². The molecule has 0 aromatic heterocycles. The highest BCUT2D eigenvalue weighted by molar-refractivity contribution is 9.10. The third-order valence-electron chi connectivity index (χ3n) is 2.87. The van der Waals surface area contributed by atoms with Gasteiger partial charge in [-0.25, -0.2) is 0 Å². The number of alkyl halides is 3. The molecule has 0 atom stereocenters. The third-order valence-corrected chi connectivity index (χ3v) is 3.40. The highest BCUT2D eigenvalue weighted by Gasteiger charge is 2.32. The Labute approximate surface area is 128 Å². The second kappa shape index (κ2) is 6.30. The Hall–Kier alpha value is -1.82. The van der Waals surface area contributed by atoms with Crippen molar-refractivity contribution in [1.82, 2.24) is 5.32 Å². The van der Waals surface area contributed by atoms with Crippen LogP contribution in [0.15, 0.2) is 53.0 Å². The van der Waals surface area contributed by atoms with Gasteiger partial charge in [0.05, 0.1) is 5.56 Å². The van der Waals surface area contributed by atoms with E-state index in [1.54, 1.807) is 24.3 Å². The van der Waals surface area contributed by atoms with Gasteiger partial charge in [-0.05, 0) is 35.9 Å². The number of carbonyl (C=O) groups excluding carboxylic acids is 1. The molecule has 0 saturated carbocycles. The van der Waals surface area contributed by atoms with Crippen molar-refractivity contribution in [3.8, 4) is 0 Å². The number of hydrogen-bond donors (Lipinski definition) is 1. The molecule has 0 aliphatic rings. The van der Waals surface area contributed by atoms with E-state index in [0.717, 1.165) is 10.5 Å². The number of rotatable bonds is 3. The van der Waals surface area contributed by atoms with Gasteiger partial charge in [0.15, 0.2) is 0 Å². The van der Waals surface area contributed by atoms with E-state index in [2.05, 4.69) is 21.2 Å². The maximum Gasteiger partial charge on any atom is 0.416 e. The summed E-state index contributed by atoms with van der Waals surface area (Å²) in [5.41, 5.74) is -0.306. The summed E-state index contributed by atoms with van der Waals surface area (Å²) in [7, 11) is 0. The van der Waals surface area contributed by atoms with Gasteiger partial charge in [-0.3, -0.25) is 4.79 Å². The quantitative estimate of drug-likeness (QED) is 0.866. The molecular formula is C15H11BrF3NO. The number of nitrogens with one attached hydrogen (secondary N) is 1. The second-order valence-electron chi connectivity index (χ2n) is 4.34. The fraction of sp³-hybridized carbons (Fsp3) is 0.133. The zero-order valence-corrected chi connectivity index (χ0v) is 12.3. The SMILES string of the molecule is O=C(NCc1ccccc1C(F)(F)F)c1ccc(Br)cc1. The summed E-state index contributed by atoms with van der Waals surface area (Å²) in [4.78, 5) is 11.9. The molecule has 2 nitrogen and oxygen atoms in total. The molecule has 0 aliphatic carbocycles. The fourth-order valence-electron chi connectivity index (χ4n) is 1.83. The zero-order chi connectivity index (χ0) is 15.5. The van der Waals surface area contributed by atoms with Crippen molar-refractivity contribution in [2.24, 2.45) is 0 Å². The van der Waals surface area contributed by atoms with Crippen molar-refractivity contribution in [3.05, 3.63) is 69.7 Å². The standard InChI is InChI=1S/C15H11BrF3NO/c16-12-7-5-10(6-8-12)14(21)20-9-11-3-1-2-4-13(11)15(17,18)19/h1-8H,9H2,(H,20,21). The Bertz CT molecular complexity index is 638. The highest BCUT2D eigenvalue weighted by Crippen LogP contribution is 2.31. The van der Waals surface area contributed by atoms with Gasteiger partial charge in [0.1, 0.15) is 0 Å². The molecule has 2 aromatic rings. The normalized spacial score (nSPS) is 11.2. The molecule has 0 fully saturated rings. The minimum Gasteiger partial charge on any atom is -0.348 e. The average molecular weight is 358 g/mol.